The fourth-order valence-electron chi connectivity index (χ4n) is 1.57. The normalized spacial score (nSPS) is 11.7. The second-order valence-electron chi connectivity index (χ2n) is 3.56. The van der Waals surface area contributed by atoms with Gasteiger partial charge in [0.15, 0.2) is 11.5 Å². The van der Waals surface area contributed by atoms with Gasteiger partial charge in [-0.3, -0.25) is 0 Å². The van der Waals surface area contributed by atoms with Crippen molar-refractivity contribution in [2.75, 3.05) is 14.2 Å². The molecule has 6 heteroatoms. The molecule has 0 aliphatic carbocycles. The van der Waals surface area contributed by atoms with Crippen LogP contribution in [-0.2, 0) is 9.59 Å². The maximum absolute atomic E-state index is 10.9. The molecule has 0 saturated carbocycles. The molecule has 0 aromatic heterocycles. The van der Waals surface area contributed by atoms with Crippen LogP contribution < -0.4 is 19.7 Å². The molecule has 0 bridgehead atoms. The van der Waals surface area contributed by atoms with Gasteiger partial charge >= 0.3 is 0 Å². The number of benzene rings is 1. The largest absolute Gasteiger partial charge is 0.550 e. The molecule has 1 rings (SSSR count). The molecule has 0 fully saturated rings. The molecule has 0 heterocycles. The van der Waals surface area contributed by atoms with E-state index in [9.17, 15) is 19.8 Å². The maximum Gasteiger partial charge on any atom is 0.161 e. The summed E-state index contributed by atoms with van der Waals surface area (Å²) in [7, 11) is 2.84. The van der Waals surface area contributed by atoms with E-state index >= 15 is 0 Å². The Morgan fingerprint density at radius 2 is 1.78 bits per heavy atom. The van der Waals surface area contributed by atoms with Crippen molar-refractivity contribution in [2.45, 2.75) is 12.3 Å². The zero-order valence-electron chi connectivity index (χ0n) is 9.97. The number of carbonyl (C=O) groups excluding carboxylic acids is 2. The van der Waals surface area contributed by atoms with Crippen LogP contribution >= 0.6 is 0 Å². The van der Waals surface area contributed by atoms with Crippen LogP contribution in [0.3, 0.4) is 0 Å². The Hall–Kier alpha value is -2.24. The molecular formula is C12H12O6-2. The fourth-order valence-corrected chi connectivity index (χ4v) is 1.57. The molecule has 0 amide bonds. The molecule has 0 radical (unpaired) electrons. The highest BCUT2D eigenvalue weighted by Gasteiger charge is 2.15. The molecular weight excluding hydrogens is 240 g/mol. The monoisotopic (exact) mass is 252 g/mol. The Kier molecular flexibility index (Phi) is 4.53. The van der Waals surface area contributed by atoms with E-state index in [0.717, 1.165) is 0 Å². The van der Waals surface area contributed by atoms with Crippen LogP contribution in [0.2, 0.25) is 0 Å². The van der Waals surface area contributed by atoms with E-state index in [2.05, 4.69) is 0 Å². The van der Waals surface area contributed by atoms with Crippen LogP contribution in [0.15, 0.2) is 18.2 Å². The van der Waals surface area contributed by atoms with Crippen molar-refractivity contribution in [1.82, 2.24) is 0 Å². The molecule has 98 valence electrons. The van der Waals surface area contributed by atoms with Crippen molar-refractivity contribution in [3.8, 4) is 11.5 Å². The lowest BCUT2D eigenvalue weighted by molar-refractivity contribution is -0.317. The molecule has 1 aromatic carbocycles. The predicted molar refractivity (Wildman–Crippen MR) is 56.9 cm³/mol. The van der Waals surface area contributed by atoms with Crippen LogP contribution in [0.4, 0.5) is 0 Å². The molecule has 1 aromatic rings. The van der Waals surface area contributed by atoms with E-state index in [4.69, 9.17) is 9.47 Å². The lowest BCUT2D eigenvalue weighted by Gasteiger charge is -2.20. The molecule has 0 spiro atoms. The van der Waals surface area contributed by atoms with E-state index in [-0.39, 0.29) is 5.56 Å². The molecule has 0 aliphatic rings. The number of methoxy groups -OCH3 is 2. The topological polar surface area (TPSA) is 98.7 Å². The number of hydrogen-bond acceptors (Lipinski definition) is 6. The van der Waals surface area contributed by atoms with E-state index in [1.807, 2.05) is 0 Å². The minimum absolute atomic E-state index is 0.261. The summed E-state index contributed by atoms with van der Waals surface area (Å²) in [6, 6.07) is 4.35. The molecule has 1 atom stereocenters. The van der Waals surface area contributed by atoms with Crippen molar-refractivity contribution in [3.63, 3.8) is 0 Å². The van der Waals surface area contributed by atoms with E-state index in [1.165, 1.54) is 32.4 Å². The summed E-state index contributed by atoms with van der Waals surface area (Å²) in [6.45, 7) is 0. The van der Waals surface area contributed by atoms with Gasteiger partial charge in [-0.1, -0.05) is 6.07 Å². The SMILES string of the molecule is COc1ccc([C@@H](CC(=O)[O-])C(=O)[O-])cc1OC. The number of rotatable bonds is 6. The summed E-state index contributed by atoms with van der Waals surface area (Å²) in [4.78, 5) is 21.4. The summed E-state index contributed by atoms with van der Waals surface area (Å²) >= 11 is 0. The highest BCUT2D eigenvalue weighted by atomic mass is 16.5. The summed E-state index contributed by atoms with van der Waals surface area (Å²) in [5.41, 5.74) is 0.261. The highest BCUT2D eigenvalue weighted by Crippen LogP contribution is 2.31. The Morgan fingerprint density at radius 3 is 2.22 bits per heavy atom. The summed E-state index contributed by atoms with van der Waals surface area (Å²) in [6.07, 6.45) is -0.655. The van der Waals surface area contributed by atoms with Gasteiger partial charge in [0.25, 0.3) is 0 Å². The van der Waals surface area contributed by atoms with Crippen molar-refractivity contribution in [3.05, 3.63) is 23.8 Å². The third kappa shape index (κ3) is 3.13. The van der Waals surface area contributed by atoms with E-state index in [1.54, 1.807) is 0 Å². The predicted octanol–water partition coefficient (Wildman–Crippen LogP) is -1.32. The van der Waals surface area contributed by atoms with Crippen molar-refractivity contribution >= 4 is 11.9 Å². The minimum atomic E-state index is -1.48. The van der Waals surface area contributed by atoms with Crippen LogP contribution in [0.5, 0.6) is 11.5 Å². The molecule has 0 unspecified atom stereocenters. The van der Waals surface area contributed by atoms with Gasteiger partial charge < -0.3 is 29.3 Å². The minimum Gasteiger partial charge on any atom is -0.550 e. The first-order valence-electron chi connectivity index (χ1n) is 5.12. The highest BCUT2D eigenvalue weighted by molar-refractivity contribution is 5.80. The first-order valence-corrected chi connectivity index (χ1v) is 5.12. The zero-order valence-corrected chi connectivity index (χ0v) is 9.97. The third-order valence-corrected chi connectivity index (χ3v) is 2.47. The fraction of sp³-hybridized carbons (Fsp3) is 0.333. The van der Waals surface area contributed by atoms with Crippen LogP contribution in [0.25, 0.3) is 0 Å². The third-order valence-electron chi connectivity index (χ3n) is 2.47. The van der Waals surface area contributed by atoms with Crippen molar-refractivity contribution in [1.29, 1.82) is 0 Å². The number of hydrogen-bond donors (Lipinski definition) is 0. The Balaban J connectivity index is 3.13. The average molecular weight is 252 g/mol. The first-order chi connectivity index (χ1) is 8.49. The Labute approximate surface area is 104 Å². The average Bonchev–Trinajstić information content (AvgIpc) is 2.34. The number of carboxylic acid groups (broad SMARTS) is 2. The first kappa shape index (κ1) is 13.8. The van der Waals surface area contributed by atoms with Gasteiger partial charge in [-0.25, -0.2) is 0 Å². The molecule has 6 nitrogen and oxygen atoms in total. The van der Waals surface area contributed by atoms with Crippen molar-refractivity contribution in [2.24, 2.45) is 0 Å². The van der Waals surface area contributed by atoms with Gasteiger partial charge in [-0.2, -0.15) is 0 Å². The molecule has 0 saturated heterocycles. The van der Waals surface area contributed by atoms with Gasteiger partial charge in [-0.15, -0.1) is 0 Å². The number of aliphatic carboxylic acids is 2. The zero-order chi connectivity index (χ0) is 13.7. The number of carboxylic acids is 2. The Bertz CT molecular complexity index is 454. The lowest BCUT2D eigenvalue weighted by atomic mass is 9.95. The summed E-state index contributed by atoms with van der Waals surface area (Å²) < 4.78 is 10.0. The number of carbonyl (C=O) groups is 2. The molecule has 0 N–H and O–H groups in total. The maximum atomic E-state index is 10.9. The van der Waals surface area contributed by atoms with Crippen LogP contribution in [0.1, 0.15) is 17.9 Å². The lowest BCUT2D eigenvalue weighted by Crippen LogP contribution is -2.34. The van der Waals surface area contributed by atoms with E-state index in [0.29, 0.717) is 11.5 Å². The molecule has 0 aliphatic heterocycles. The van der Waals surface area contributed by atoms with Crippen LogP contribution in [-0.4, -0.2) is 26.2 Å². The summed E-state index contributed by atoms with van der Waals surface area (Å²) in [5, 5.41) is 21.4. The van der Waals surface area contributed by atoms with Crippen molar-refractivity contribution < 1.29 is 29.3 Å². The van der Waals surface area contributed by atoms with Gasteiger partial charge in [0.2, 0.25) is 0 Å². The Morgan fingerprint density at radius 1 is 1.17 bits per heavy atom. The van der Waals surface area contributed by atoms with Gasteiger partial charge in [0.1, 0.15) is 0 Å². The standard InChI is InChI=1S/C12H14O6/c1-17-9-4-3-7(5-10(9)18-2)8(12(15)16)6-11(13)14/h3-5,8H,6H2,1-2H3,(H,13,14)(H,15,16)/p-2/t8-/m1/s1. The van der Waals surface area contributed by atoms with Gasteiger partial charge in [0.05, 0.1) is 14.2 Å². The van der Waals surface area contributed by atoms with Crippen LogP contribution in [0, 0.1) is 0 Å². The quantitative estimate of drug-likeness (QED) is 0.622. The summed E-state index contributed by atoms with van der Waals surface area (Å²) in [5.74, 6) is -3.48. The van der Waals surface area contributed by atoms with E-state index < -0.39 is 24.3 Å². The smallest absolute Gasteiger partial charge is 0.161 e. The second-order valence-corrected chi connectivity index (χ2v) is 3.56. The number of ether oxygens (including phenoxy) is 2. The molecule has 18 heavy (non-hydrogen) atoms. The van der Waals surface area contributed by atoms with Gasteiger partial charge in [-0.05, 0) is 24.1 Å². The second kappa shape index (κ2) is 5.90. The van der Waals surface area contributed by atoms with Gasteiger partial charge in [0, 0.05) is 17.9 Å².